The third-order valence-corrected chi connectivity index (χ3v) is 5.62. The number of morpholine rings is 1. The van der Waals surface area contributed by atoms with Gasteiger partial charge in [-0.25, -0.2) is 9.37 Å². The van der Waals surface area contributed by atoms with Crippen LogP contribution in [0.2, 0.25) is 0 Å². The summed E-state index contributed by atoms with van der Waals surface area (Å²) in [6.07, 6.45) is 4.38. The van der Waals surface area contributed by atoms with Crippen molar-refractivity contribution in [3.05, 3.63) is 42.1 Å². The first-order valence-corrected chi connectivity index (χ1v) is 10.1. The molecule has 2 aliphatic heterocycles. The van der Waals surface area contributed by atoms with Crippen molar-refractivity contribution in [1.82, 2.24) is 19.8 Å². The highest BCUT2D eigenvalue weighted by molar-refractivity contribution is 5.78. The minimum Gasteiger partial charge on any atom is -0.379 e. The lowest BCUT2D eigenvalue weighted by atomic mass is 9.98. The summed E-state index contributed by atoms with van der Waals surface area (Å²) in [4.78, 5) is 19.5. The normalized spacial score (nSPS) is 20.0. The Bertz CT molecular complexity index is 799. The fourth-order valence-electron chi connectivity index (χ4n) is 3.98. The van der Waals surface area contributed by atoms with E-state index in [-0.39, 0.29) is 17.6 Å². The number of fused-ring (bicyclic) bond motifs is 1. The molecule has 1 aromatic carbocycles. The van der Waals surface area contributed by atoms with Gasteiger partial charge in [0.2, 0.25) is 5.91 Å². The van der Waals surface area contributed by atoms with E-state index in [1.54, 1.807) is 12.1 Å². The van der Waals surface area contributed by atoms with Gasteiger partial charge in [0.25, 0.3) is 0 Å². The van der Waals surface area contributed by atoms with Crippen molar-refractivity contribution in [3.63, 3.8) is 0 Å². The smallest absolute Gasteiger partial charge is 0.224 e. The van der Waals surface area contributed by atoms with Gasteiger partial charge in [0, 0.05) is 32.6 Å². The molecule has 1 fully saturated rings. The van der Waals surface area contributed by atoms with Gasteiger partial charge in [-0.3, -0.25) is 9.69 Å². The molecule has 0 aliphatic carbocycles. The quantitative estimate of drug-likeness (QED) is 0.773. The standard InChI is InChI=1S/C21H27FN4O2/c22-18-5-2-16(3-6-18)19-14-24-20-7-4-17(15-26(19)20)21(27)23-8-1-9-25-10-12-28-13-11-25/h2-3,5-6,14,17H,1,4,7-13,15H2,(H,23,27). The molecule has 150 valence electrons. The van der Waals surface area contributed by atoms with Crippen molar-refractivity contribution in [2.45, 2.75) is 25.8 Å². The molecule has 0 radical (unpaired) electrons. The molecule has 4 rings (SSSR count). The summed E-state index contributed by atoms with van der Waals surface area (Å²) in [6, 6.07) is 6.43. The molecule has 1 aromatic heterocycles. The first kappa shape index (κ1) is 19.1. The minimum atomic E-state index is -0.253. The second kappa shape index (κ2) is 8.84. The summed E-state index contributed by atoms with van der Waals surface area (Å²) >= 11 is 0. The first-order chi connectivity index (χ1) is 13.7. The Morgan fingerprint density at radius 2 is 2.04 bits per heavy atom. The maximum atomic E-state index is 13.2. The lowest BCUT2D eigenvalue weighted by Crippen LogP contribution is -2.40. The number of imidazole rings is 1. The van der Waals surface area contributed by atoms with Crippen LogP contribution in [0.3, 0.4) is 0 Å². The van der Waals surface area contributed by atoms with E-state index >= 15 is 0 Å². The van der Waals surface area contributed by atoms with Crippen LogP contribution in [-0.2, 0) is 22.5 Å². The predicted molar refractivity (Wildman–Crippen MR) is 104 cm³/mol. The zero-order chi connectivity index (χ0) is 19.3. The highest BCUT2D eigenvalue weighted by atomic mass is 19.1. The highest BCUT2D eigenvalue weighted by Crippen LogP contribution is 2.27. The van der Waals surface area contributed by atoms with Gasteiger partial charge in [-0.05, 0) is 49.2 Å². The van der Waals surface area contributed by atoms with Crippen LogP contribution >= 0.6 is 0 Å². The molecule has 1 unspecified atom stereocenters. The average molecular weight is 386 g/mol. The summed E-state index contributed by atoms with van der Waals surface area (Å²) in [5, 5.41) is 3.10. The van der Waals surface area contributed by atoms with E-state index in [1.807, 2.05) is 6.20 Å². The van der Waals surface area contributed by atoms with E-state index in [0.717, 1.165) is 69.2 Å². The Morgan fingerprint density at radius 1 is 1.25 bits per heavy atom. The minimum absolute atomic E-state index is 0.0516. The summed E-state index contributed by atoms with van der Waals surface area (Å²) < 4.78 is 20.7. The van der Waals surface area contributed by atoms with E-state index in [4.69, 9.17) is 4.74 Å². The number of benzene rings is 1. The lowest BCUT2D eigenvalue weighted by molar-refractivity contribution is -0.125. The number of aromatic nitrogens is 2. The fourth-order valence-corrected chi connectivity index (χ4v) is 3.98. The van der Waals surface area contributed by atoms with Crippen LogP contribution in [0.25, 0.3) is 11.3 Å². The number of rotatable bonds is 6. The molecule has 28 heavy (non-hydrogen) atoms. The number of halogens is 1. The molecule has 1 N–H and O–H groups in total. The lowest BCUT2D eigenvalue weighted by Gasteiger charge is -2.27. The molecule has 6 nitrogen and oxygen atoms in total. The molecule has 1 saturated heterocycles. The number of ether oxygens (including phenoxy) is 1. The maximum Gasteiger partial charge on any atom is 0.224 e. The van der Waals surface area contributed by atoms with Crippen LogP contribution < -0.4 is 5.32 Å². The zero-order valence-electron chi connectivity index (χ0n) is 16.1. The van der Waals surface area contributed by atoms with Crippen LogP contribution in [0.15, 0.2) is 30.5 Å². The van der Waals surface area contributed by atoms with Gasteiger partial charge in [-0.15, -0.1) is 0 Å². The van der Waals surface area contributed by atoms with Gasteiger partial charge >= 0.3 is 0 Å². The predicted octanol–water partition coefficient (Wildman–Crippen LogP) is 2.09. The number of nitrogens with one attached hydrogen (secondary N) is 1. The molecule has 0 bridgehead atoms. The number of nitrogens with zero attached hydrogens (tertiary/aromatic N) is 3. The molecular formula is C21H27FN4O2. The summed E-state index contributed by atoms with van der Waals surface area (Å²) in [5.41, 5.74) is 1.87. The van der Waals surface area contributed by atoms with Gasteiger partial charge < -0.3 is 14.6 Å². The number of aryl methyl sites for hydroxylation is 1. The van der Waals surface area contributed by atoms with E-state index < -0.39 is 0 Å². The molecule has 7 heteroatoms. The maximum absolute atomic E-state index is 13.2. The van der Waals surface area contributed by atoms with Crippen LogP contribution in [0.1, 0.15) is 18.7 Å². The van der Waals surface area contributed by atoms with Gasteiger partial charge in [0.1, 0.15) is 11.6 Å². The van der Waals surface area contributed by atoms with E-state index in [1.165, 1.54) is 12.1 Å². The molecule has 0 saturated carbocycles. The average Bonchev–Trinajstić information content (AvgIpc) is 3.15. The Hall–Kier alpha value is -2.25. The fraction of sp³-hybridized carbons (Fsp3) is 0.524. The van der Waals surface area contributed by atoms with E-state index in [0.29, 0.717) is 13.1 Å². The summed E-state index contributed by atoms with van der Waals surface area (Å²) in [5.74, 6) is 0.808. The highest BCUT2D eigenvalue weighted by Gasteiger charge is 2.27. The Labute approximate surface area is 164 Å². The van der Waals surface area contributed by atoms with Crippen LogP contribution in [0.4, 0.5) is 4.39 Å². The van der Waals surface area contributed by atoms with Crippen LogP contribution in [0.5, 0.6) is 0 Å². The molecule has 0 spiro atoms. The summed E-state index contributed by atoms with van der Waals surface area (Å²) in [6.45, 7) is 5.88. The number of carbonyl (C=O) groups is 1. The van der Waals surface area contributed by atoms with Crippen LogP contribution in [-0.4, -0.2) is 59.8 Å². The van der Waals surface area contributed by atoms with Crippen molar-refractivity contribution in [1.29, 1.82) is 0 Å². The van der Waals surface area contributed by atoms with Crippen molar-refractivity contribution in [2.24, 2.45) is 5.92 Å². The molecule has 1 atom stereocenters. The molecular weight excluding hydrogens is 359 g/mol. The third-order valence-electron chi connectivity index (χ3n) is 5.62. The topological polar surface area (TPSA) is 59.4 Å². The van der Waals surface area contributed by atoms with Gasteiger partial charge in [0.15, 0.2) is 0 Å². The number of amides is 1. The zero-order valence-corrected chi connectivity index (χ0v) is 16.1. The SMILES string of the molecule is O=C(NCCCN1CCOCC1)C1CCc2ncc(-c3ccc(F)cc3)n2C1. The first-order valence-electron chi connectivity index (χ1n) is 10.1. The molecule has 1 amide bonds. The van der Waals surface area contributed by atoms with E-state index in [9.17, 15) is 9.18 Å². The Morgan fingerprint density at radius 3 is 2.82 bits per heavy atom. The second-order valence-electron chi connectivity index (χ2n) is 7.51. The van der Waals surface area contributed by atoms with Crippen molar-refractivity contribution < 1.29 is 13.9 Å². The van der Waals surface area contributed by atoms with Gasteiger partial charge in [-0.1, -0.05) is 0 Å². The Kier molecular flexibility index (Phi) is 6.02. The number of hydrogen-bond acceptors (Lipinski definition) is 4. The number of carbonyl (C=O) groups excluding carboxylic acids is 1. The molecule has 3 heterocycles. The molecule has 2 aromatic rings. The summed E-state index contributed by atoms with van der Waals surface area (Å²) in [7, 11) is 0. The molecule has 2 aliphatic rings. The van der Waals surface area contributed by atoms with Crippen molar-refractivity contribution >= 4 is 5.91 Å². The van der Waals surface area contributed by atoms with Crippen molar-refractivity contribution in [2.75, 3.05) is 39.4 Å². The van der Waals surface area contributed by atoms with Gasteiger partial charge in [-0.2, -0.15) is 0 Å². The van der Waals surface area contributed by atoms with Crippen LogP contribution in [0, 0.1) is 11.7 Å². The monoisotopic (exact) mass is 386 g/mol. The van der Waals surface area contributed by atoms with Crippen molar-refractivity contribution in [3.8, 4) is 11.3 Å². The van der Waals surface area contributed by atoms with Gasteiger partial charge in [0.05, 0.1) is 31.0 Å². The largest absolute Gasteiger partial charge is 0.379 e. The van der Waals surface area contributed by atoms with E-state index in [2.05, 4.69) is 19.8 Å². The third kappa shape index (κ3) is 4.42. The Balaban J connectivity index is 1.31. The second-order valence-corrected chi connectivity index (χ2v) is 7.51. The number of hydrogen-bond donors (Lipinski definition) is 1.